The van der Waals surface area contributed by atoms with E-state index in [1.165, 1.54) is 32.1 Å². The highest BCUT2D eigenvalue weighted by Crippen LogP contribution is 2.55. The van der Waals surface area contributed by atoms with Gasteiger partial charge in [-0.3, -0.25) is 0 Å². The Balaban J connectivity index is 0.000000528. The van der Waals surface area contributed by atoms with Crippen molar-refractivity contribution in [1.29, 1.82) is 0 Å². The summed E-state index contributed by atoms with van der Waals surface area (Å²) in [7, 11) is 0. The van der Waals surface area contributed by atoms with E-state index in [9.17, 15) is 0 Å². The molecule has 106 valence electrons. The van der Waals surface area contributed by atoms with Gasteiger partial charge in [0.1, 0.15) is 0 Å². The number of allylic oxidation sites excluding steroid dienone is 4. The molecule has 0 aromatic carbocycles. The first-order valence-corrected chi connectivity index (χ1v) is 8.79. The Hall–Kier alpha value is -0.520. The molecule has 0 nitrogen and oxygen atoms in total. The molecular formula is C19H30. The second-order valence-electron chi connectivity index (χ2n) is 6.77. The number of hydrogen-bond acceptors (Lipinski definition) is 0. The maximum absolute atomic E-state index is 2.56. The van der Waals surface area contributed by atoms with Crippen molar-refractivity contribution in [3.05, 3.63) is 23.8 Å². The van der Waals surface area contributed by atoms with Crippen LogP contribution in [-0.2, 0) is 0 Å². The van der Waals surface area contributed by atoms with Crippen LogP contribution in [0.1, 0.15) is 65.2 Å². The smallest absolute Gasteiger partial charge is 0.000798 e. The van der Waals surface area contributed by atoms with Crippen LogP contribution < -0.4 is 0 Å². The molecule has 4 aliphatic carbocycles. The molecule has 3 fully saturated rings. The lowest BCUT2D eigenvalue weighted by Gasteiger charge is -2.48. The van der Waals surface area contributed by atoms with Crippen molar-refractivity contribution in [3.63, 3.8) is 0 Å². The quantitative estimate of drug-likeness (QED) is 0.485. The summed E-state index contributed by atoms with van der Waals surface area (Å²) in [5.41, 5.74) is 1.80. The molecule has 0 bridgehead atoms. The summed E-state index contributed by atoms with van der Waals surface area (Å²) in [4.78, 5) is 0. The zero-order valence-electron chi connectivity index (χ0n) is 12.8. The lowest BCUT2D eigenvalue weighted by atomic mass is 9.57. The van der Waals surface area contributed by atoms with Crippen LogP contribution in [0.5, 0.6) is 0 Å². The lowest BCUT2D eigenvalue weighted by molar-refractivity contribution is 0.0673. The molecule has 0 heteroatoms. The average Bonchev–Trinajstić information content (AvgIpc) is 2.97. The molecule has 0 aliphatic heterocycles. The molecule has 0 heterocycles. The topological polar surface area (TPSA) is 0 Å². The molecule has 0 N–H and O–H groups in total. The largest absolute Gasteiger partial charge is 0.0841 e. The van der Waals surface area contributed by atoms with Crippen molar-refractivity contribution in [2.24, 2.45) is 29.6 Å². The highest BCUT2D eigenvalue weighted by molar-refractivity contribution is 5.24. The fourth-order valence-corrected chi connectivity index (χ4v) is 5.52. The summed E-state index contributed by atoms with van der Waals surface area (Å²) in [5, 5.41) is 0. The molecule has 0 amide bonds. The minimum absolute atomic E-state index is 0.851. The van der Waals surface area contributed by atoms with Gasteiger partial charge in [0.15, 0.2) is 0 Å². The SMILES string of the molecule is C1=CC2C(=CC1)CCC1C3CCCC3CCC21.CC. The van der Waals surface area contributed by atoms with Gasteiger partial charge in [0, 0.05) is 5.92 Å². The Kier molecular flexibility index (Phi) is 4.15. The molecule has 0 aromatic rings. The van der Waals surface area contributed by atoms with E-state index in [4.69, 9.17) is 0 Å². The van der Waals surface area contributed by atoms with Crippen LogP contribution in [0.15, 0.2) is 23.8 Å². The van der Waals surface area contributed by atoms with Gasteiger partial charge < -0.3 is 0 Å². The van der Waals surface area contributed by atoms with Crippen LogP contribution in [0.25, 0.3) is 0 Å². The van der Waals surface area contributed by atoms with E-state index < -0.39 is 0 Å². The number of fused-ring (bicyclic) bond motifs is 5. The predicted octanol–water partition coefficient (Wildman–Crippen LogP) is 5.75. The van der Waals surface area contributed by atoms with Crippen molar-refractivity contribution in [2.75, 3.05) is 0 Å². The molecule has 5 atom stereocenters. The second-order valence-corrected chi connectivity index (χ2v) is 6.77. The Morgan fingerprint density at radius 3 is 2.68 bits per heavy atom. The monoisotopic (exact) mass is 258 g/mol. The fraction of sp³-hybridized carbons (Fsp3) is 0.789. The second kappa shape index (κ2) is 5.85. The summed E-state index contributed by atoms with van der Waals surface area (Å²) in [5.74, 6) is 5.19. The maximum Gasteiger partial charge on any atom is 0.000798 e. The molecule has 0 aromatic heterocycles. The Morgan fingerprint density at radius 1 is 0.895 bits per heavy atom. The van der Waals surface area contributed by atoms with Crippen molar-refractivity contribution in [2.45, 2.75) is 65.2 Å². The van der Waals surface area contributed by atoms with Crippen LogP contribution in [0.4, 0.5) is 0 Å². The van der Waals surface area contributed by atoms with E-state index in [1.54, 1.807) is 24.8 Å². The first kappa shape index (κ1) is 13.5. The molecule has 3 saturated carbocycles. The molecule has 0 saturated heterocycles. The van der Waals surface area contributed by atoms with Crippen molar-refractivity contribution < 1.29 is 0 Å². The standard InChI is InChI=1S/C17H24.C2H6/c1-2-6-14-12(4-1)8-10-17-15-7-3-5-13(15)9-11-16(14)17;1-2/h2,4,6,13-17H,1,3,5,7-11H2;1-2H3. The van der Waals surface area contributed by atoms with Gasteiger partial charge in [-0.2, -0.15) is 0 Å². The van der Waals surface area contributed by atoms with Crippen molar-refractivity contribution >= 4 is 0 Å². The molecule has 0 radical (unpaired) electrons. The molecule has 0 spiro atoms. The zero-order valence-corrected chi connectivity index (χ0v) is 12.8. The molecule has 19 heavy (non-hydrogen) atoms. The van der Waals surface area contributed by atoms with Gasteiger partial charge in [0.25, 0.3) is 0 Å². The van der Waals surface area contributed by atoms with Gasteiger partial charge in [-0.25, -0.2) is 0 Å². The summed E-state index contributed by atoms with van der Waals surface area (Å²) >= 11 is 0. The third-order valence-electron chi connectivity index (χ3n) is 6.20. The third kappa shape index (κ3) is 2.32. The van der Waals surface area contributed by atoms with Gasteiger partial charge in [-0.05, 0) is 62.2 Å². The minimum Gasteiger partial charge on any atom is -0.0841 e. The first-order chi connectivity index (χ1) is 9.43. The number of rotatable bonds is 0. The summed E-state index contributed by atoms with van der Waals surface area (Å²) in [6.45, 7) is 4.00. The van der Waals surface area contributed by atoms with Crippen molar-refractivity contribution in [3.8, 4) is 0 Å². The zero-order chi connectivity index (χ0) is 13.2. The summed E-state index contributed by atoms with van der Waals surface area (Å²) < 4.78 is 0. The normalized spacial score (nSPS) is 43.3. The van der Waals surface area contributed by atoms with E-state index in [0.717, 1.165) is 29.6 Å². The molecule has 4 rings (SSSR count). The van der Waals surface area contributed by atoms with E-state index in [0.29, 0.717) is 0 Å². The summed E-state index contributed by atoms with van der Waals surface area (Å²) in [6, 6.07) is 0. The maximum atomic E-state index is 2.56. The average molecular weight is 258 g/mol. The Bertz CT molecular complexity index is 362. The molecule has 4 aliphatic rings. The highest BCUT2D eigenvalue weighted by atomic mass is 14.5. The Labute approximate surface area is 119 Å². The van der Waals surface area contributed by atoms with Crippen LogP contribution in [0.3, 0.4) is 0 Å². The van der Waals surface area contributed by atoms with E-state index in [-0.39, 0.29) is 0 Å². The third-order valence-corrected chi connectivity index (χ3v) is 6.20. The van der Waals surface area contributed by atoms with Crippen LogP contribution >= 0.6 is 0 Å². The van der Waals surface area contributed by atoms with Crippen LogP contribution in [-0.4, -0.2) is 0 Å². The molecular weight excluding hydrogens is 228 g/mol. The van der Waals surface area contributed by atoms with Gasteiger partial charge in [0.05, 0.1) is 0 Å². The van der Waals surface area contributed by atoms with Gasteiger partial charge in [-0.1, -0.05) is 50.5 Å². The molecule has 5 unspecified atom stereocenters. The van der Waals surface area contributed by atoms with Crippen LogP contribution in [0, 0.1) is 29.6 Å². The predicted molar refractivity (Wildman–Crippen MR) is 83.0 cm³/mol. The van der Waals surface area contributed by atoms with E-state index >= 15 is 0 Å². The highest BCUT2D eigenvalue weighted by Gasteiger charge is 2.46. The van der Waals surface area contributed by atoms with E-state index in [2.05, 4.69) is 18.2 Å². The first-order valence-electron chi connectivity index (χ1n) is 8.79. The number of hydrogen-bond donors (Lipinski definition) is 0. The van der Waals surface area contributed by atoms with E-state index in [1.807, 2.05) is 13.8 Å². The van der Waals surface area contributed by atoms with Gasteiger partial charge in [-0.15, -0.1) is 0 Å². The van der Waals surface area contributed by atoms with Gasteiger partial charge >= 0.3 is 0 Å². The summed E-state index contributed by atoms with van der Waals surface area (Å²) in [6.07, 6.45) is 19.3. The van der Waals surface area contributed by atoms with Crippen LogP contribution in [0.2, 0.25) is 0 Å². The fourth-order valence-electron chi connectivity index (χ4n) is 5.52. The Morgan fingerprint density at radius 2 is 1.79 bits per heavy atom. The van der Waals surface area contributed by atoms with Gasteiger partial charge in [0.2, 0.25) is 0 Å². The van der Waals surface area contributed by atoms with Crippen molar-refractivity contribution in [1.82, 2.24) is 0 Å². The lowest BCUT2D eigenvalue weighted by Crippen LogP contribution is -2.39. The minimum atomic E-state index is 0.851.